The van der Waals surface area contributed by atoms with Crippen LogP contribution in [0, 0.1) is 0 Å². The maximum atomic E-state index is 12.6. The molecular weight excluding hydrogens is 324 g/mol. The second-order valence-corrected chi connectivity index (χ2v) is 6.33. The number of halogens is 1. The van der Waals surface area contributed by atoms with Gasteiger partial charge in [0.1, 0.15) is 0 Å². The fourth-order valence-corrected chi connectivity index (χ4v) is 3.36. The van der Waals surface area contributed by atoms with Crippen molar-refractivity contribution in [1.29, 1.82) is 0 Å². The van der Waals surface area contributed by atoms with Crippen LogP contribution in [0.2, 0.25) is 0 Å². The van der Waals surface area contributed by atoms with Gasteiger partial charge in [-0.3, -0.25) is 4.79 Å². The molecule has 1 aromatic heterocycles. The van der Waals surface area contributed by atoms with Crippen LogP contribution in [0.4, 0.5) is 4.79 Å². The lowest BCUT2D eigenvalue weighted by Crippen LogP contribution is -2.57. The van der Waals surface area contributed by atoms with E-state index >= 15 is 0 Å². The zero-order valence-corrected chi connectivity index (χ0v) is 14.4. The van der Waals surface area contributed by atoms with E-state index in [-0.39, 0.29) is 42.9 Å². The summed E-state index contributed by atoms with van der Waals surface area (Å²) < 4.78 is 0. The van der Waals surface area contributed by atoms with E-state index in [0.717, 1.165) is 11.4 Å². The van der Waals surface area contributed by atoms with Crippen molar-refractivity contribution >= 4 is 35.7 Å². The molecule has 0 radical (unpaired) electrons. The van der Waals surface area contributed by atoms with Crippen molar-refractivity contribution < 1.29 is 9.59 Å². The minimum Gasteiger partial charge on any atom is -0.352 e. The molecule has 8 heteroatoms. The Labute approximate surface area is 140 Å². The predicted octanol–water partition coefficient (Wildman–Crippen LogP) is 1.48. The minimum absolute atomic E-state index is 0. The first-order valence-electron chi connectivity index (χ1n) is 7.11. The van der Waals surface area contributed by atoms with E-state index in [1.165, 1.54) is 11.3 Å². The molecule has 0 spiro atoms. The van der Waals surface area contributed by atoms with Gasteiger partial charge < -0.3 is 21.3 Å². The Morgan fingerprint density at radius 1 is 1.55 bits per heavy atom. The van der Waals surface area contributed by atoms with Gasteiger partial charge in [-0.2, -0.15) is 0 Å². The van der Waals surface area contributed by atoms with Gasteiger partial charge in [0.05, 0.1) is 12.5 Å². The third kappa shape index (κ3) is 4.59. The van der Waals surface area contributed by atoms with Crippen LogP contribution in [-0.2, 0) is 4.79 Å². The molecular formula is C14H23ClN4O2S. The van der Waals surface area contributed by atoms with Crippen LogP contribution in [-0.4, -0.2) is 42.0 Å². The summed E-state index contributed by atoms with van der Waals surface area (Å²) in [5, 5.41) is 7.93. The minimum atomic E-state index is -0.608. The molecule has 1 fully saturated rings. The Morgan fingerprint density at radius 2 is 2.27 bits per heavy atom. The molecule has 0 saturated carbocycles. The summed E-state index contributed by atoms with van der Waals surface area (Å²) >= 11 is 1.51. The molecule has 3 amide bonds. The average molecular weight is 347 g/mol. The standard InChI is InChI=1S/C14H22N4O2S.ClH/c1-9-10(2)18(6-5-16-9)13(19)8-11(17-14(15)20)12-4-3-7-21-12;/h3-4,7,9-11,16H,5-6,8H2,1-2H3,(H3,15,17,20);1H. The van der Waals surface area contributed by atoms with E-state index < -0.39 is 6.03 Å². The Hall–Kier alpha value is -1.31. The molecule has 1 aliphatic heterocycles. The van der Waals surface area contributed by atoms with Crippen LogP contribution in [0.15, 0.2) is 17.5 Å². The van der Waals surface area contributed by atoms with Gasteiger partial charge in [0.2, 0.25) is 5.91 Å². The molecule has 0 aliphatic carbocycles. The van der Waals surface area contributed by atoms with Gasteiger partial charge >= 0.3 is 6.03 Å². The van der Waals surface area contributed by atoms with Crippen LogP contribution < -0.4 is 16.4 Å². The summed E-state index contributed by atoms with van der Waals surface area (Å²) in [6.45, 7) is 5.60. The number of primary amides is 1. The monoisotopic (exact) mass is 346 g/mol. The SMILES string of the molecule is CC1NCCN(C(=O)CC(NC(N)=O)c2cccs2)C1C.Cl. The normalized spacial score (nSPS) is 22.5. The van der Waals surface area contributed by atoms with Crippen LogP contribution in [0.25, 0.3) is 0 Å². The first kappa shape index (κ1) is 18.7. The Balaban J connectivity index is 0.00000242. The van der Waals surface area contributed by atoms with E-state index in [9.17, 15) is 9.59 Å². The maximum Gasteiger partial charge on any atom is 0.312 e. The van der Waals surface area contributed by atoms with E-state index in [2.05, 4.69) is 17.6 Å². The van der Waals surface area contributed by atoms with Crippen LogP contribution in [0.3, 0.4) is 0 Å². The number of carbonyl (C=O) groups excluding carboxylic acids is 2. The van der Waals surface area contributed by atoms with Gasteiger partial charge in [0, 0.05) is 30.1 Å². The van der Waals surface area contributed by atoms with E-state index in [4.69, 9.17) is 5.73 Å². The molecule has 2 heterocycles. The van der Waals surface area contributed by atoms with Crippen LogP contribution in [0.1, 0.15) is 31.2 Å². The first-order chi connectivity index (χ1) is 9.99. The molecule has 124 valence electrons. The summed E-state index contributed by atoms with van der Waals surface area (Å²) in [5.41, 5.74) is 5.22. The molecule has 6 nitrogen and oxygen atoms in total. The first-order valence-corrected chi connectivity index (χ1v) is 7.99. The van der Waals surface area contributed by atoms with Gasteiger partial charge in [0.25, 0.3) is 0 Å². The lowest BCUT2D eigenvalue weighted by Gasteiger charge is -2.39. The third-order valence-corrected chi connectivity index (χ3v) is 4.92. The molecule has 4 N–H and O–H groups in total. The van der Waals surface area contributed by atoms with Gasteiger partial charge in [-0.15, -0.1) is 23.7 Å². The second-order valence-electron chi connectivity index (χ2n) is 5.35. The number of carbonyl (C=O) groups is 2. The molecule has 1 saturated heterocycles. The number of rotatable bonds is 4. The van der Waals surface area contributed by atoms with Crippen molar-refractivity contribution in [3.8, 4) is 0 Å². The number of nitrogens with zero attached hydrogens (tertiary/aromatic N) is 1. The van der Waals surface area contributed by atoms with Crippen molar-refractivity contribution in [1.82, 2.24) is 15.5 Å². The highest BCUT2D eigenvalue weighted by Gasteiger charge is 2.30. The van der Waals surface area contributed by atoms with Gasteiger partial charge in [0.15, 0.2) is 0 Å². The van der Waals surface area contributed by atoms with Gasteiger partial charge in [-0.25, -0.2) is 4.79 Å². The van der Waals surface area contributed by atoms with Crippen molar-refractivity contribution in [3.05, 3.63) is 22.4 Å². The molecule has 3 atom stereocenters. The Morgan fingerprint density at radius 3 is 2.86 bits per heavy atom. The van der Waals surface area contributed by atoms with E-state index in [1.54, 1.807) is 0 Å². The smallest absolute Gasteiger partial charge is 0.312 e. The molecule has 1 aromatic rings. The zero-order chi connectivity index (χ0) is 15.4. The van der Waals surface area contributed by atoms with Gasteiger partial charge in [-0.1, -0.05) is 6.07 Å². The quantitative estimate of drug-likeness (QED) is 0.771. The van der Waals surface area contributed by atoms with Crippen molar-refractivity contribution in [2.24, 2.45) is 5.73 Å². The number of thiophene rings is 1. The summed E-state index contributed by atoms with van der Waals surface area (Å²) in [6.07, 6.45) is 0.237. The zero-order valence-electron chi connectivity index (χ0n) is 12.7. The van der Waals surface area contributed by atoms with Crippen molar-refractivity contribution in [2.45, 2.75) is 38.4 Å². The number of urea groups is 1. The van der Waals surface area contributed by atoms with E-state index in [0.29, 0.717) is 6.54 Å². The van der Waals surface area contributed by atoms with Crippen molar-refractivity contribution in [2.75, 3.05) is 13.1 Å². The Kier molecular flexibility index (Phi) is 7.12. The summed E-state index contributed by atoms with van der Waals surface area (Å²) in [4.78, 5) is 26.5. The number of hydrogen-bond acceptors (Lipinski definition) is 4. The molecule has 3 unspecified atom stereocenters. The largest absolute Gasteiger partial charge is 0.352 e. The lowest BCUT2D eigenvalue weighted by atomic mass is 10.0. The number of amides is 3. The third-order valence-electron chi connectivity index (χ3n) is 3.94. The molecule has 2 rings (SSSR count). The molecule has 0 bridgehead atoms. The molecule has 22 heavy (non-hydrogen) atoms. The number of piperazine rings is 1. The summed E-state index contributed by atoms with van der Waals surface area (Å²) in [7, 11) is 0. The topological polar surface area (TPSA) is 87.5 Å². The summed E-state index contributed by atoms with van der Waals surface area (Å²) in [6, 6.07) is 3.25. The van der Waals surface area contributed by atoms with Crippen LogP contribution in [0.5, 0.6) is 0 Å². The highest BCUT2D eigenvalue weighted by molar-refractivity contribution is 7.10. The average Bonchev–Trinajstić information content (AvgIpc) is 2.94. The fraction of sp³-hybridized carbons (Fsp3) is 0.571. The number of nitrogens with two attached hydrogens (primary N) is 1. The second kappa shape index (κ2) is 8.36. The Bertz CT molecular complexity index is 497. The summed E-state index contributed by atoms with van der Waals surface area (Å²) in [5.74, 6) is 0.0444. The highest BCUT2D eigenvalue weighted by atomic mass is 35.5. The lowest BCUT2D eigenvalue weighted by molar-refractivity contribution is -0.135. The molecule has 0 aromatic carbocycles. The number of hydrogen-bond donors (Lipinski definition) is 3. The maximum absolute atomic E-state index is 12.6. The fourth-order valence-electron chi connectivity index (χ4n) is 2.58. The molecule has 1 aliphatic rings. The number of nitrogens with one attached hydrogen (secondary N) is 2. The van der Waals surface area contributed by atoms with Crippen molar-refractivity contribution in [3.63, 3.8) is 0 Å². The van der Waals surface area contributed by atoms with E-state index in [1.807, 2.05) is 29.3 Å². The predicted molar refractivity (Wildman–Crippen MR) is 90.3 cm³/mol. The van der Waals surface area contributed by atoms with Crippen LogP contribution >= 0.6 is 23.7 Å². The van der Waals surface area contributed by atoms with Gasteiger partial charge in [-0.05, 0) is 25.3 Å². The highest BCUT2D eigenvalue weighted by Crippen LogP contribution is 2.23.